The van der Waals surface area contributed by atoms with E-state index >= 15 is 0 Å². The summed E-state index contributed by atoms with van der Waals surface area (Å²) in [6.45, 7) is 0.803. The Kier molecular flexibility index (Phi) is 4.21. The molecule has 1 aliphatic rings. The minimum atomic E-state index is 0.0583. The van der Waals surface area contributed by atoms with Gasteiger partial charge in [0.1, 0.15) is 5.82 Å². The van der Waals surface area contributed by atoms with Crippen LogP contribution in [0.2, 0.25) is 0 Å². The number of pyridine rings is 1. The van der Waals surface area contributed by atoms with Crippen molar-refractivity contribution in [1.82, 2.24) is 19.9 Å². The van der Waals surface area contributed by atoms with Gasteiger partial charge in [0, 0.05) is 23.8 Å². The minimum absolute atomic E-state index is 0.0583. The third kappa shape index (κ3) is 3.01. The summed E-state index contributed by atoms with van der Waals surface area (Å²) in [6.07, 6.45) is 5.48. The molecule has 0 saturated carbocycles. The summed E-state index contributed by atoms with van der Waals surface area (Å²) in [7, 11) is 0. The number of likely N-dealkylation sites (tertiary alicyclic amines) is 1. The number of fused-ring (bicyclic) bond motifs is 1. The maximum atomic E-state index is 12.7. The van der Waals surface area contributed by atoms with Crippen molar-refractivity contribution >= 4 is 28.7 Å². The molecule has 1 atom stereocenters. The van der Waals surface area contributed by atoms with E-state index < -0.39 is 0 Å². The zero-order chi connectivity index (χ0) is 16.4. The van der Waals surface area contributed by atoms with Crippen LogP contribution in [0.25, 0.3) is 11.0 Å². The lowest BCUT2D eigenvalue weighted by molar-refractivity contribution is -0.129. The molecule has 3 aromatic rings. The molecule has 1 saturated heterocycles. The molecule has 1 N–H and O–H groups in total. The molecule has 1 aromatic carbocycles. The Balaban J connectivity index is 1.48. The first-order chi connectivity index (χ1) is 11.8. The number of rotatable bonds is 4. The molecule has 6 heteroatoms. The van der Waals surface area contributed by atoms with Crippen LogP contribution in [0.4, 0.5) is 0 Å². The van der Waals surface area contributed by atoms with Gasteiger partial charge < -0.3 is 9.88 Å². The summed E-state index contributed by atoms with van der Waals surface area (Å²) in [6, 6.07) is 11.9. The number of benzene rings is 1. The maximum absolute atomic E-state index is 12.7. The quantitative estimate of drug-likeness (QED) is 0.741. The van der Waals surface area contributed by atoms with Crippen LogP contribution in [-0.2, 0) is 4.79 Å². The Bertz CT molecular complexity index is 815. The number of H-pyrrole nitrogens is 1. The number of imidazole rings is 1. The first kappa shape index (κ1) is 15.2. The number of thioether (sulfide) groups is 1. The van der Waals surface area contributed by atoms with Crippen molar-refractivity contribution in [3.05, 3.63) is 54.6 Å². The normalized spacial score (nSPS) is 17.5. The number of aromatic nitrogens is 3. The molecule has 0 aliphatic carbocycles. The van der Waals surface area contributed by atoms with Crippen molar-refractivity contribution < 1.29 is 4.79 Å². The van der Waals surface area contributed by atoms with Crippen LogP contribution in [-0.4, -0.2) is 38.1 Å². The monoisotopic (exact) mass is 338 g/mol. The molecule has 0 spiro atoms. The van der Waals surface area contributed by atoms with Crippen LogP contribution in [0, 0.1) is 0 Å². The molecule has 1 fully saturated rings. The van der Waals surface area contributed by atoms with Crippen LogP contribution in [0.5, 0.6) is 0 Å². The minimum Gasteiger partial charge on any atom is -0.340 e. The van der Waals surface area contributed by atoms with Crippen LogP contribution in [0.1, 0.15) is 24.7 Å². The van der Waals surface area contributed by atoms with Gasteiger partial charge in [-0.15, -0.1) is 11.8 Å². The first-order valence-corrected chi connectivity index (χ1v) is 9.07. The molecule has 0 bridgehead atoms. The Morgan fingerprint density at radius 1 is 1.25 bits per heavy atom. The molecule has 0 radical (unpaired) electrons. The second-order valence-corrected chi connectivity index (χ2v) is 6.90. The third-order valence-corrected chi connectivity index (χ3v) is 5.31. The molecule has 1 aliphatic heterocycles. The first-order valence-electron chi connectivity index (χ1n) is 8.08. The van der Waals surface area contributed by atoms with Gasteiger partial charge in [-0.1, -0.05) is 12.1 Å². The highest BCUT2D eigenvalue weighted by Crippen LogP contribution is 2.32. The van der Waals surface area contributed by atoms with Gasteiger partial charge in [0.25, 0.3) is 0 Å². The van der Waals surface area contributed by atoms with Crippen molar-refractivity contribution in [2.75, 3.05) is 12.3 Å². The van der Waals surface area contributed by atoms with E-state index in [0.717, 1.165) is 41.1 Å². The summed E-state index contributed by atoms with van der Waals surface area (Å²) < 4.78 is 0. The molecule has 4 rings (SSSR count). The highest BCUT2D eigenvalue weighted by atomic mass is 32.2. The molecule has 5 nitrogen and oxygen atoms in total. The SMILES string of the molecule is O=C(CSc1ccncc1)N1CCC[C@@H]1c1nc2ccccc2[nH]1. The lowest BCUT2D eigenvalue weighted by Crippen LogP contribution is -2.32. The number of hydrogen-bond acceptors (Lipinski definition) is 4. The lowest BCUT2D eigenvalue weighted by Gasteiger charge is -2.23. The number of aromatic amines is 1. The fraction of sp³-hybridized carbons (Fsp3) is 0.278. The lowest BCUT2D eigenvalue weighted by atomic mass is 10.2. The number of para-hydroxylation sites is 2. The van der Waals surface area contributed by atoms with E-state index in [4.69, 9.17) is 0 Å². The van der Waals surface area contributed by atoms with Gasteiger partial charge in [0.2, 0.25) is 5.91 Å². The van der Waals surface area contributed by atoms with Crippen molar-refractivity contribution in [2.24, 2.45) is 0 Å². The summed E-state index contributed by atoms with van der Waals surface area (Å²) in [5.74, 6) is 1.51. The van der Waals surface area contributed by atoms with Crippen molar-refractivity contribution in [2.45, 2.75) is 23.8 Å². The number of hydrogen-bond donors (Lipinski definition) is 1. The van der Waals surface area contributed by atoms with Crippen LogP contribution in [0.3, 0.4) is 0 Å². The standard InChI is InChI=1S/C18H18N4OS/c23-17(12-24-13-7-9-19-10-8-13)22-11-3-6-16(22)18-20-14-4-1-2-5-15(14)21-18/h1-2,4-5,7-10,16H,3,6,11-12H2,(H,20,21)/t16-/m1/s1. The number of carbonyl (C=O) groups excluding carboxylic acids is 1. The van der Waals surface area contributed by atoms with Crippen LogP contribution >= 0.6 is 11.8 Å². The van der Waals surface area contributed by atoms with Crippen molar-refractivity contribution in [3.8, 4) is 0 Å². The van der Waals surface area contributed by atoms with E-state index in [1.54, 1.807) is 24.2 Å². The second kappa shape index (κ2) is 6.65. The van der Waals surface area contributed by atoms with E-state index in [1.165, 1.54) is 0 Å². The summed E-state index contributed by atoms with van der Waals surface area (Å²) >= 11 is 1.56. The summed E-state index contributed by atoms with van der Waals surface area (Å²) in [5, 5.41) is 0. The number of amides is 1. The summed E-state index contributed by atoms with van der Waals surface area (Å²) in [5.41, 5.74) is 1.98. The Labute approximate surface area is 144 Å². The average molecular weight is 338 g/mol. The molecule has 3 heterocycles. The average Bonchev–Trinajstić information content (AvgIpc) is 3.26. The Morgan fingerprint density at radius 2 is 2.08 bits per heavy atom. The van der Waals surface area contributed by atoms with E-state index in [2.05, 4.69) is 15.0 Å². The molecule has 122 valence electrons. The smallest absolute Gasteiger partial charge is 0.233 e. The molecule has 2 aromatic heterocycles. The zero-order valence-corrected chi connectivity index (χ0v) is 14.0. The van der Waals surface area contributed by atoms with Crippen molar-refractivity contribution in [3.63, 3.8) is 0 Å². The van der Waals surface area contributed by atoms with E-state index in [0.29, 0.717) is 5.75 Å². The van der Waals surface area contributed by atoms with Crippen LogP contribution < -0.4 is 0 Å². The third-order valence-electron chi connectivity index (χ3n) is 4.31. The van der Waals surface area contributed by atoms with Crippen LogP contribution in [0.15, 0.2) is 53.7 Å². The van der Waals surface area contributed by atoms with Gasteiger partial charge in [0.15, 0.2) is 0 Å². The van der Waals surface area contributed by atoms with Gasteiger partial charge >= 0.3 is 0 Å². The summed E-state index contributed by atoms with van der Waals surface area (Å²) in [4.78, 5) is 27.8. The predicted molar refractivity (Wildman–Crippen MR) is 94.7 cm³/mol. The number of carbonyl (C=O) groups is 1. The highest BCUT2D eigenvalue weighted by Gasteiger charge is 2.31. The number of nitrogens with one attached hydrogen (secondary N) is 1. The van der Waals surface area contributed by atoms with Gasteiger partial charge in [0.05, 0.1) is 22.8 Å². The van der Waals surface area contributed by atoms with E-state index in [-0.39, 0.29) is 11.9 Å². The molecular weight excluding hydrogens is 320 g/mol. The topological polar surface area (TPSA) is 61.9 Å². The van der Waals surface area contributed by atoms with E-state index in [1.807, 2.05) is 41.3 Å². The molecule has 0 unspecified atom stereocenters. The van der Waals surface area contributed by atoms with Gasteiger partial charge in [-0.05, 0) is 37.1 Å². The Hall–Kier alpha value is -2.34. The predicted octanol–water partition coefficient (Wildman–Crippen LogP) is 3.41. The fourth-order valence-electron chi connectivity index (χ4n) is 3.14. The Morgan fingerprint density at radius 3 is 2.92 bits per heavy atom. The van der Waals surface area contributed by atoms with Gasteiger partial charge in [-0.2, -0.15) is 0 Å². The maximum Gasteiger partial charge on any atom is 0.233 e. The fourth-order valence-corrected chi connectivity index (χ4v) is 3.91. The highest BCUT2D eigenvalue weighted by molar-refractivity contribution is 8.00. The largest absolute Gasteiger partial charge is 0.340 e. The molecule has 1 amide bonds. The van der Waals surface area contributed by atoms with Gasteiger partial charge in [-0.3, -0.25) is 9.78 Å². The van der Waals surface area contributed by atoms with Gasteiger partial charge in [-0.25, -0.2) is 4.98 Å². The van der Waals surface area contributed by atoms with E-state index in [9.17, 15) is 4.79 Å². The molecule has 24 heavy (non-hydrogen) atoms. The van der Waals surface area contributed by atoms with Crippen molar-refractivity contribution in [1.29, 1.82) is 0 Å². The second-order valence-electron chi connectivity index (χ2n) is 5.86. The number of nitrogens with zero attached hydrogens (tertiary/aromatic N) is 3. The molecular formula is C18H18N4OS. The zero-order valence-electron chi connectivity index (χ0n) is 13.2.